The maximum absolute atomic E-state index is 11.8. The van der Waals surface area contributed by atoms with Crippen molar-refractivity contribution >= 4 is 37.9 Å². The maximum atomic E-state index is 11.8. The van der Waals surface area contributed by atoms with Gasteiger partial charge < -0.3 is 10.1 Å². The summed E-state index contributed by atoms with van der Waals surface area (Å²) in [6.07, 6.45) is 2.99. The molecule has 11 heteroatoms. The van der Waals surface area contributed by atoms with Gasteiger partial charge in [-0.05, 0) is 49.1 Å². The van der Waals surface area contributed by atoms with Gasteiger partial charge in [0.15, 0.2) is 5.13 Å². The van der Waals surface area contributed by atoms with E-state index in [4.69, 9.17) is 20.6 Å². The van der Waals surface area contributed by atoms with Gasteiger partial charge in [-0.1, -0.05) is 24.3 Å². The SMILES string of the molecule is COc1cccc(-c2csc(N[C@@H](Cc3ccc(S(=O)(=O)ON)cc3)c3csc(C4CC4)n3)n2)c1. The highest BCUT2D eigenvalue weighted by molar-refractivity contribution is 7.86. The summed E-state index contributed by atoms with van der Waals surface area (Å²) in [6.45, 7) is 0. The number of aromatic nitrogens is 2. The van der Waals surface area contributed by atoms with E-state index in [0.29, 0.717) is 12.3 Å². The van der Waals surface area contributed by atoms with Crippen LogP contribution in [0.2, 0.25) is 0 Å². The Bertz CT molecular complexity index is 1410. The normalized spacial score (nSPS) is 14.6. The fourth-order valence-electron chi connectivity index (χ4n) is 3.70. The van der Waals surface area contributed by atoms with E-state index in [-0.39, 0.29) is 10.9 Å². The van der Waals surface area contributed by atoms with Crippen LogP contribution < -0.4 is 16.0 Å². The third-order valence-electron chi connectivity index (χ3n) is 5.77. The molecule has 0 unspecified atom stereocenters. The van der Waals surface area contributed by atoms with Gasteiger partial charge in [0.1, 0.15) is 5.75 Å². The van der Waals surface area contributed by atoms with Crippen LogP contribution in [-0.4, -0.2) is 25.5 Å². The van der Waals surface area contributed by atoms with Crippen LogP contribution in [0.15, 0.2) is 64.2 Å². The first-order chi connectivity index (χ1) is 16.9. The van der Waals surface area contributed by atoms with Gasteiger partial charge in [0.25, 0.3) is 0 Å². The van der Waals surface area contributed by atoms with Crippen molar-refractivity contribution < 1.29 is 17.4 Å². The zero-order chi connectivity index (χ0) is 24.4. The molecule has 1 aliphatic carbocycles. The number of ether oxygens (including phenoxy) is 1. The Morgan fingerprint density at radius 3 is 2.63 bits per heavy atom. The first-order valence-corrected chi connectivity index (χ1v) is 14.2. The Kier molecular flexibility index (Phi) is 6.85. The van der Waals surface area contributed by atoms with E-state index >= 15 is 0 Å². The molecule has 0 aliphatic heterocycles. The minimum atomic E-state index is -3.94. The summed E-state index contributed by atoms with van der Waals surface area (Å²) in [5.41, 5.74) is 3.75. The first kappa shape index (κ1) is 23.9. The fourth-order valence-corrected chi connectivity index (χ4v) is 6.09. The van der Waals surface area contributed by atoms with Crippen molar-refractivity contribution in [2.75, 3.05) is 12.4 Å². The van der Waals surface area contributed by atoms with Crippen LogP contribution in [0.5, 0.6) is 5.75 Å². The summed E-state index contributed by atoms with van der Waals surface area (Å²) in [5, 5.41) is 9.61. The summed E-state index contributed by atoms with van der Waals surface area (Å²) in [5.74, 6) is 6.25. The molecule has 0 saturated heterocycles. The molecular weight excluding hydrogens is 504 g/mol. The average molecular weight is 529 g/mol. The van der Waals surface area contributed by atoms with Crippen molar-refractivity contribution in [3.05, 3.63) is 75.6 Å². The molecule has 5 rings (SSSR count). The second-order valence-corrected chi connectivity index (χ2v) is 11.6. The number of thiazole rings is 2. The number of nitrogens with zero attached hydrogens (tertiary/aromatic N) is 2. The number of hydrogen-bond acceptors (Lipinski definition) is 10. The molecule has 2 aromatic carbocycles. The Balaban J connectivity index is 1.39. The zero-order valence-electron chi connectivity index (χ0n) is 18.9. The molecule has 0 spiro atoms. The van der Waals surface area contributed by atoms with Crippen LogP contribution >= 0.6 is 22.7 Å². The second kappa shape index (κ2) is 10.0. The van der Waals surface area contributed by atoms with Crippen LogP contribution in [0.4, 0.5) is 5.13 Å². The van der Waals surface area contributed by atoms with Gasteiger partial charge in [0.05, 0.1) is 34.4 Å². The molecule has 1 fully saturated rings. The number of hydrogen-bond donors (Lipinski definition) is 2. The zero-order valence-corrected chi connectivity index (χ0v) is 21.3. The minimum Gasteiger partial charge on any atom is -0.497 e. The van der Waals surface area contributed by atoms with Crippen molar-refractivity contribution in [3.8, 4) is 17.0 Å². The van der Waals surface area contributed by atoms with Gasteiger partial charge in [0, 0.05) is 22.2 Å². The van der Waals surface area contributed by atoms with E-state index in [9.17, 15) is 8.42 Å². The first-order valence-electron chi connectivity index (χ1n) is 11.0. The molecule has 182 valence electrons. The van der Waals surface area contributed by atoms with Gasteiger partial charge in [-0.15, -0.1) is 22.7 Å². The highest BCUT2D eigenvalue weighted by Crippen LogP contribution is 2.42. The largest absolute Gasteiger partial charge is 0.497 e. The molecule has 1 atom stereocenters. The lowest BCUT2D eigenvalue weighted by molar-refractivity contribution is 0.333. The van der Waals surface area contributed by atoms with Gasteiger partial charge in [-0.2, -0.15) is 18.6 Å². The number of nitrogens with two attached hydrogens (primary N) is 1. The minimum absolute atomic E-state index is 0.0146. The van der Waals surface area contributed by atoms with Crippen LogP contribution in [-0.2, 0) is 20.8 Å². The molecule has 8 nitrogen and oxygen atoms in total. The Hall–Kier alpha value is -2.83. The van der Waals surface area contributed by atoms with Crippen molar-refractivity contribution in [1.82, 2.24) is 9.97 Å². The summed E-state index contributed by atoms with van der Waals surface area (Å²) in [7, 11) is -2.29. The molecule has 4 aromatic rings. The molecule has 2 heterocycles. The molecule has 3 N–H and O–H groups in total. The smallest absolute Gasteiger partial charge is 0.312 e. The maximum Gasteiger partial charge on any atom is 0.312 e. The topological polar surface area (TPSA) is 116 Å². The van der Waals surface area contributed by atoms with Crippen molar-refractivity contribution in [2.24, 2.45) is 5.90 Å². The highest BCUT2D eigenvalue weighted by Gasteiger charge is 2.28. The number of nitrogens with one attached hydrogen (secondary N) is 1. The van der Waals surface area contributed by atoms with E-state index < -0.39 is 10.1 Å². The molecular formula is C24H24N4O4S3. The average Bonchev–Trinajstić information content (AvgIpc) is 3.42. The van der Waals surface area contributed by atoms with Crippen molar-refractivity contribution in [2.45, 2.75) is 36.1 Å². The lowest BCUT2D eigenvalue weighted by Crippen LogP contribution is -2.15. The van der Waals surface area contributed by atoms with Crippen LogP contribution in [0.25, 0.3) is 11.3 Å². The monoisotopic (exact) mass is 528 g/mol. The van der Waals surface area contributed by atoms with E-state index in [1.54, 1.807) is 30.6 Å². The van der Waals surface area contributed by atoms with Gasteiger partial charge in [-0.25, -0.2) is 9.97 Å². The summed E-state index contributed by atoms with van der Waals surface area (Å²) >= 11 is 3.22. The summed E-state index contributed by atoms with van der Waals surface area (Å²) in [6, 6.07) is 14.2. The van der Waals surface area contributed by atoms with Gasteiger partial charge >= 0.3 is 10.1 Å². The Labute approximate surface area is 211 Å². The third kappa shape index (κ3) is 5.54. The standard InChI is InChI=1S/C24H24N4O4S3/c1-31-18-4-2-3-17(12-18)21-13-34-24(28-21)27-20(22-14-33-23(26-22)16-7-8-16)11-15-5-9-19(10-6-15)35(29,30)32-25/h2-6,9-10,12-14,16,20H,7-8,11,25H2,1H3,(H,27,28)/t20-/m0/s1. The van der Waals surface area contributed by atoms with Crippen molar-refractivity contribution in [3.63, 3.8) is 0 Å². The molecule has 1 saturated carbocycles. The van der Waals surface area contributed by atoms with E-state index in [1.165, 1.54) is 41.3 Å². The number of rotatable bonds is 10. The van der Waals surface area contributed by atoms with E-state index in [2.05, 4.69) is 15.0 Å². The molecule has 2 aromatic heterocycles. The molecule has 0 amide bonds. The summed E-state index contributed by atoms with van der Waals surface area (Å²) in [4.78, 5) is 9.71. The van der Waals surface area contributed by atoms with Gasteiger partial charge in [0.2, 0.25) is 0 Å². The van der Waals surface area contributed by atoms with Crippen molar-refractivity contribution in [1.29, 1.82) is 0 Å². The predicted molar refractivity (Wildman–Crippen MR) is 137 cm³/mol. The van der Waals surface area contributed by atoms with E-state index in [1.807, 2.05) is 29.6 Å². The molecule has 1 aliphatic rings. The lowest BCUT2D eigenvalue weighted by Gasteiger charge is -2.17. The summed E-state index contributed by atoms with van der Waals surface area (Å²) < 4.78 is 33.1. The quantitative estimate of drug-likeness (QED) is 0.272. The molecule has 35 heavy (non-hydrogen) atoms. The van der Waals surface area contributed by atoms with Crippen LogP contribution in [0.3, 0.4) is 0 Å². The van der Waals surface area contributed by atoms with Crippen LogP contribution in [0, 0.1) is 0 Å². The van der Waals surface area contributed by atoms with Crippen LogP contribution in [0.1, 0.15) is 41.1 Å². The number of benzene rings is 2. The fraction of sp³-hybridized carbons (Fsp3) is 0.250. The second-order valence-electron chi connectivity index (χ2n) is 8.25. The number of methoxy groups -OCH3 is 1. The highest BCUT2D eigenvalue weighted by atomic mass is 32.2. The Morgan fingerprint density at radius 2 is 1.91 bits per heavy atom. The Morgan fingerprint density at radius 1 is 1.11 bits per heavy atom. The van der Waals surface area contributed by atoms with Gasteiger partial charge in [-0.3, -0.25) is 0 Å². The third-order valence-corrected chi connectivity index (χ3v) is 8.67. The molecule has 0 radical (unpaired) electrons. The predicted octanol–water partition coefficient (Wildman–Crippen LogP) is 5.13. The lowest BCUT2D eigenvalue weighted by atomic mass is 10.0. The van der Waals surface area contributed by atoms with E-state index in [0.717, 1.165) is 33.4 Å². The number of anilines is 1. The molecule has 0 bridgehead atoms.